The van der Waals surface area contributed by atoms with Gasteiger partial charge < -0.3 is 15.8 Å². The molecule has 2 aromatic heterocycles. The Morgan fingerprint density at radius 2 is 1.97 bits per heavy atom. The summed E-state index contributed by atoms with van der Waals surface area (Å²) in [5.74, 6) is -0.871. The van der Waals surface area contributed by atoms with Crippen LogP contribution < -0.4 is 20.7 Å². The predicted molar refractivity (Wildman–Crippen MR) is 124 cm³/mol. The number of anilines is 1. The highest BCUT2D eigenvalue weighted by atomic mass is 32.1. The van der Waals surface area contributed by atoms with Gasteiger partial charge in [-0.2, -0.15) is 0 Å². The van der Waals surface area contributed by atoms with E-state index in [9.17, 15) is 19.2 Å². The van der Waals surface area contributed by atoms with Gasteiger partial charge in [0.25, 0.3) is 5.91 Å². The number of thiazole rings is 1. The van der Waals surface area contributed by atoms with Crippen LogP contribution >= 0.6 is 22.7 Å². The minimum Gasteiger partial charge on any atom is -0.475 e. The van der Waals surface area contributed by atoms with Gasteiger partial charge in [0, 0.05) is 18.3 Å². The number of nitrogens with two attached hydrogens (primary N) is 1. The number of carbonyl (C=O) groups is 4. The Labute approximate surface area is 197 Å². The maximum absolute atomic E-state index is 13.1. The molecule has 3 aromatic rings. The molecule has 0 saturated carbocycles. The summed E-state index contributed by atoms with van der Waals surface area (Å²) in [4.78, 5) is 55.1. The van der Waals surface area contributed by atoms with Crippen molar-refractivity contribution in [2.75, 3.05) is 18.0 Å². The number of para-hydroxylation sites is 1. The lowest BCUT2D eigenvalue weighted by molar-refractivity contribution is -0.124. The third kappa shape index (κ3) is 5.10. The zero-order chi connectivity index (χ0) is 23.4. The van der Waals surface area contributed by atoms with E-state index in [2.05, 4.69) is 10.3 Å². The van der Waals surface area contributed by atoms with Gasteiger partial charge in [0.2, 0.25) is 23.7 Å². The second kappa shape index (κ2) is 9.92. The van der Waals surface area contributed by atoms with E-state index >= 15 is 0 Å². The number of rotatable bonds is 9. The predicted octanol–water partition coefficient (Wildman–Crippen LogP) is 2.55. The molecule has 1 aliphatic heterocycles. The largest absolute Gasteiger partial charge is 0.475 e. The summed E-state index contributed by atoms with van der Waals surface area (Å²) in [7, 11) is 0. The van der Waals surface area contributed by atoms with Gasteiger partial charge in [-0.3, -0.25) is 24.1 Å². The normalized spacial score (nSPS) is 14.4. The number of thiophene rings is 1. The molecule has 0 spiro atoms. The van der Waals surface area contributed by atoms with E-state index in [1.807, 2.05) is 0 Å². The number of amides is 3. The minimum absolute atomic E-state index is 0.110. The Hall–Kier alpha value is -3.57. The molecule has 1 atom stereocenters. The van der Waals surface area contributed by atoms with Gasteiger partial charge in [0.15, 0.2) is 5.13 Å². The number of hydrogen-bond donors (Lipinski definition) is 2. The maximum atomic E-state index is 13.1. The van der Waals surface area contributed by atoms with Crippen molar-refractivity contribution in [2.24, 2.45) is 5.73 Å². The quantitative estimate of drug-likeness (QED) is 0.480. The SMILES string of the molecule is NC(=O)CNC(=O)CCCN(C(=O)c1cccs1)c1nc(C2Oc3ccccc3C2=O)cs1. The Morgan fingerprint density at radius 1 is 1.15 bits per heavy atom. The molecule has 11 heteroatoms. The van der Waals surface area contributed by atoms with Gasteiger partial charge in [-0.15, -0.1) is 22.7 Å². The van der Waals surface area contributed by atoms with Crippen molar-refractivity contribution < 1.29 is 23.9 Å². The molecular weight excluding hydrogens is 464 g/mol. The van der Waals surface area contributed by atoms with E-state index < -0.39 is 12.0 Å². The van der Waals surface area contributed by atoms with Crippen molar-refractivity contribution in [1.29, 1.82) is 0 Å². The summed E-state index contributed by atoms with van der Waals surface area (Å²) < 4.78 is 5.79. The van der Waals surface area contributed by atoms with Crippen LogP contribution in [0.4, 0.5) is 5.13 Å². The van der Waals surface area contributed by atoms with Crippen molar-refractivity contribution in [3.8, 4) is 5.75 Å². The first-order valence-corrected chi connectivity index (χ1v) is 11.9. The molecule has 3 N–H and O–H groups in total. The van der Waals surface area contributed by atoms with Crippen LogP contribution in [0.1, 0.15) is 44.7 Å². The second-order valence-corrected chi connectivity index (χ2v) is 8.98. The number of nitrogens with one attached hydrogen (secondary N) is 1. The lowest BCUT2D eigenvalue weighted by atomic mass is 10.1. The lowest BCUT2D eigenvalue weighted by Crippen LogP contribution is -2.35. The van der Waals surface area contributed by atoms with Crippen LogP contribution in [0.15, 0.2) is 47.2 Å². The number of hydrogen-bond acceptors (Lipinski definition) is 8. The van der Waals surface area contributed by atoms with Crippen molar-refractivity contribution in [3.63, 3.8) is 0 Å². The first-order chi connectivity index (χ1) is 15.9. The molecule has 0 saturated heterocycles. The average molecular weight is 485 g/mol. The van der Waals surface area contributed by atoms with E-state index in [1.165, 1.54) is 27.6 Å². The number of nitrogens with zero attached hydrogens (tertiary/aromatic N) is 2. The van der Waals surface area contributed by atoms with E-state index in [-0.39, 0.29) is 37.1 Å². The molecule has 0 fully saturated rings. The zero-order valence-electron chi connectivity index (χ0n) is 17.4. The van der Waals surface area contributed by atoms with Crippen LogP contribution in [0.25, 0.3) is 0 Å². The number of carbonyl (C=O) groups excluding carboxylic acids is 4. The molecule has 170 valence electrons. The van der Waals surface area contributed by atoms with Gasteiger partial charge in [-0.05, 0) is 30.0 Å². The smallest absolute Gasteiger partial charge is 0.270 e. The Kier molecular flexibility index (Phi) is 6.80. The summed E-state index contributed by atoms with van der Waals surface area (Å²) in [6.07, 6.45) is -0.397. The fourth-order valence-electron chi connectivity index (χ4n) is 3.30. The van der Waals surface area contributed by atoms with Crippen molar-refractivity contribution >= 4 is 51.3 Å². The average Bonchev–Trinajstić information content (AvgIpc) is 3.56. The van der Waals surface area contributed by atoms with E-state index in [0.29, 0.717) is 33.4 Å². The number of Topliss-reactive ketones (excluding diaryl/α,β-unsaturated/α-hetero) is 1. The highest BCUT2D eigenvalue weighted by Gasteiger charge is 2.35. The van der Waals surface area contributed by atoms with Crippen LogP contribution in [-0.2, 0) is 9.59 Å². The maximum Gasteiger partial charge on any atom is 0.270 e. The van der Waals surface area contributed by atoms with Gasteiger partial charge >= 0.3 is 0 Å². The third-order valence-electron chi connectivity index (χ3n) is 4.87. The third-order valence-corrected chi connectivity index (χ3v) is 6.61. The summed E-state index contributed by atoms with van der Waals surface area (Å²) in [6, 6.07) is 10.5. The van der Waals surface area contributed by atoms with Crippen molar-refractivity contribution in [3.05, 3.63) is 63.3 Å². The molecule has 3 amide bonds. The number of fused-ring (bicyclic) bond motifs is 1. The first-order valence-electron chi connectivity index (χ1n) is 10.1. The fourth-order valence-corrected chi connectivity index (χ4v) is 4.83. The van der Waals surface area contributed by atoms with E-state index in [0.717, 1.165) is 0 Å². The number of ketones is 1. The van der Waals surface area contributed by atoms with Crippen LogP contribution in [-0.4, -0.2) is 41.6 Å². The fraction of sp³-hybridized carbons (Fsp3) is 0.227. The molecule has 0 radical (unpaired) electrons. The highest BCUT2D eigenvalue weighted by molar-refractivity contribution is 7.14. The molecule has 4 rings (SSSR count). The van der Waals surface area contributed by atoms with Crippen LogP contribution in [0.5, 0.6) is 5.75 Å². The van der Waals surface area contributed by atoms with Crippen LogP contribution in [0, 0.1) is 0 Å². The Morgan fingerprint density at radius 3 is 2.70 bits per heavy atom. The summed E-state index contributed by atoms with van der Waals surface area (Å²) in [6.45, 7) is -0.00229. The zero-order valence-corrected chi connectivity index (χ0v) is 19.0. The molecule has 1 unspecified atom stereocenters. The number of benzene rings is 1. The van der Waals surface area contributed by atoms with Crippen LogP contribution in [0.3, 0.4) is 0 Å². The molecule has 1 aromatic carbocycles. The Bertz CT molecular complexity index is 1190. The molecule has 33 heavy (non-hydrogen) atoms. The number of aromatic nitrogens is 1. The van der Waals surface area contributed by atoms with Crippen molar-refractivity contribution in [1.82, 2.24) is 10.3 Å². The molecule has 0 aliphatic carbocycles. The molecule has 1 aliphatic rings. The first kappa shape index (κ1) is 22.6. The monoisotopic (exact) mass is 484 g/mol. The molecule has 0 bridgehead atoms. The van der Waals surface area contributed by atoms with Gasteiger partial charge in [-0.1, -0.05) is 18.2 Å². The molecule has 3 heterocycles. The van der Waals surface area contributed by atoms with Gasteiger partial charge in [0.1, 0.15) is 11.4 Å². The summed E-state index contributed by atoms with van der Waals surface area (Å²) >= 11 is 2.53. The van der Waals surface area contributed by atoms with Crippen LogP contribution in [0.2, 0.25) is 0 Å². The second-order valence-electron chi connectivity index (χ2n) is 7.19. The molecule has 9 nitrogen and oxygen atoms in total. The topological polar surface area (TPSA) is 132 Å². The lowest BCUT2D eigenvalue weighted by Gasteiger charge is -2.19. The van der Waals surface area contributed by atoms with E-state index in [1.54, 1.807) is 47.2 Å². The highest BCUT2D eigenvalue weighted by Crippen LogP contribution is 2.38. The standard InChI is InChI=1S/C22H20N4O5S2/c23-17(27)11-24-18(28)8-3-9-26(21(30)16-7-4-10-32-16)22-25-14(12-33-22)20-19(29)13-5-1-2-6-15(13)31-20/h1-2,4-7,10,12,20H,3,8-9,11H2,(H2,23,27)(H,24,28). The molecular formula is C22H20N4O5S2. The minimum atomic E-state index is -0.856. The number of primary amides is 1. The summed E-state index contributed by atoms with van der Waals surface area (Å²) in [5.41, 5.74) is 5.97. The summed E-state index contributed by atoms with van der Waals surface area (Å²) in [5, 5.41) is 6.35. The number of ether oxygens (including phenoxy) is 1. The van der Waals surface area contributed by atoms with Gasteiger partial charge in [0.05, 0.1) is 17.0 Å². The van der Waals surface area contributed by atoms with Gasteiger partial charge in [-0.25, -0.2) is 4.98 Å². The Balaban J connectivity index is 1.49. The van der Waals surface area contributed by atoms with E-state index in [4.69, 9.17) is 10.5 Å². The van der Waals surface area contributed by atoms with Crippen molar-refractivity contribution in [2.45, 2.75) is 18.9 Å².